The van der Waals surface area contributed by atoms with E-state index in [0.29, 0.717) is 0 Å². The van der Waals surface area contributed by atoms with Gasteiger partial charge in [-0.3, -0.25) is 4.79 Å². The van der Waals surface area contributed by atoms with Crippen molar-refractivity contribution in [1.82, 2.24) is 10.3 Å². The van der Waals surface area contributed by atoms with E-state index in [4.69, 9.17) is 4.74 Å². The highest BCUT2D eigenvalue weighted by Crippen LogP contribution is 2.25. The van der Waals surface area contributed by atoms with Gasteiger partial charge in [-0.2, -0.15) is 0 Å². The van der Waals surface area contributed by atoms with Crippen LogP contribution in [0.3, 0.4) is 0 Å². The number of amides is 1. The Morgan fingerprint density at radius 1 is 1.43 bits per heavy atom. The van der Waals surface area contributed by atoms with Crippen LogP contribution in [0.15, 0.2) is 18.3 Å². The lowest BCUT2D eigenvalue weighted by atomic mass is 9.80. The Hall–Kier alpha value is -1.76. The summed E-state index contributed by atoms with van der Waals surface area (Å²) >= 11 is 0. The average molecular weight is 330 g/mol. The lowest BCUT2D eigenvalue weighted by Crippen LogP contribution is -2.43. The van der Waals surface area contributed by atoms with Crippen LogP contribution in [0.25, 0.3) is 0 Å². The van der Waals surface area contributed by atoms with Gasteiger partial charge in [0.25, 0.3) is 12.3 Å². The molecule has 23 heavy (non-hydrogen) atoms. The fourth-order valence-corrected chi connectivity index (χ4v) is 2.20. The summed E-state index contributed by atoms with van der Waals surface area (Å²) < 4.78 is 29.0. The van der Waals surface area contributed by atoms with Crippen LogP contribution in [0.2, 0.25) is 0 Å². The van der Waals surface area contributed by atoms with Crippen LogP contribution in [0.1, 0.15) is 38.1 Å². The summed E-state index contributed by atoms with van der Waals surface area (Å²) in [5.41, 5.74) is -0.231. The van der Waals surface area contributed by atoms with Gasteiger partial charge in [0, 0.05) is 29.8 Å². The second kappa shape index (κ2) is 8.19. The minimum Gasteiger partial charge on any atom is -0.472 e. The predicted molar refractivity (Wildman–Crippen MR) is 82.7 cm³/mol. The number of ether oxygens (including phenoxy) is 1. The van der Waals surface area contributed by atoms with E-state index in [1.54, 1.807) is 0 Å². The summed E-state index contributed by atoms with van der Waals surface area (Å²) in [6, 6.07) is 2.78. The normalized spacial score (nSPS) is 13.3. The molecule has 1 rings (SSSR count). The van der Waals surface area contributed by atoms with E-state index in [9.17, 15) is 18.7 Å². The molecule has 130 valence electrons. The Morgan fingerprint density at radius 2 is 2.09 bits per heavy atom. The fraction of sp³-hybridized carbons (Fsp3) is 0.625. The zero-order valence-corrected chi connectivity index (χ0v) is 13.8. The van der Waals surface area contributed by atoms with Crippen molar-refractivity contribution in [3.05, 3.63) is 23.9 Å². The number of rotatable bonds is 8. The number of aliphatic hydroxyl groups excluding tert-OH is 1. The molecule has 0 aliphatic heterocycles. The number of halogens is 2. The Kier molecular flexibility index (Phi) is 6.87. The van der Waals surface area contributed by atoms with Crippen LogP contribution in [0.4, 0.5) is 8.78 Å². The third-order valence-corrected chi connectivity index (χ3v) is 3.49. The summed E-state index contributed by atoms with van der Waals surface area (Å²) in [5.74, 6) is -0.338. The fourth-order valence-electron chi connectivity index (χ4n) is 2.20. The van der Waals surface area contributed by atoms with Gasteiger partial charge in [-0.25, -0.2) is 13.8 Å². The molecular formula is C16H24F2N2O3. The maximum atomic E-state index is 12.1. The van der Waals surface area contributed by atoms with E-state index >= 15 is 0 Å². The summed E-state index contributed by atoms with van der Waals surface area (Å²) in [6.45, 7) is 7.04. The van der Waals surface area contributed by atoms with E-state index in [1.165, 1.54) is 18.3 Å². The summed E-state index contributed by atoms with van der Waals surface area (Å²) in [4.78, 5) is 15.9. The van der Waals surface area contributed by atoms with E-state index < -0.39 is 24.6 Å². The van der Waals surface area contributed by atoms with Crippen molar-refractivity contribution < 1.29 is 23.4 Å². The van der Waals surface area contributed by atoms with Gasteiger partial charge in [-0.1, -0.05) is 27.7 Å². The molecule has 0 aliphatic rings. The first-order chi connectivity index (χ1) is 10.6. The van der Waals surface area contributed by atoms with Gasteiger partial charge in [0.1, 0.15) is 0 Å². The number of nitrogens with one attached hydrogen (secondary N) is 1. The molecule has 0 radical (unpaired) electrons. The Bertz CT molecular complexity index is 522. The third kappa shape index (κ3) is 6.09. The standard InChI is InChI=1S/C16H24F2N2O3/c1-10(2)14(21)16(3,4)9-20-15(22)11-5-6-19-13(7-11)23-8-12(17)18/h5-7,10,12,14,21H,8-9H2,1-4H3,(H,20,22). The number of carbonyl (C=O) groups excluding carboxylic acids is 1. The highest BCUT2D eigenvalue weighted by molar-refractivity contribution is 5.94. The summed E-state index contributed by atoms with van der Waals surface area (Å²) in [6.07, 6.45) is -1.85. The maximum absolute atomic E-state index is 12.1. The first kappa shape index (κ1) is 19.3. The largest absolute Gasteiger partial charge is 0.472 e. The minimum atomic E-state index is -2.60. The second-order valence-corrected chi connectivity index (χ2v) is 6.44. The summed E-state index contributed by atoms with van der Waals surface area (Å²) in [7, 11) is 0. The van der Waals surface area contributed by atoms with E-state index in [2.05, 4.69) is 10.3 Å². The molecule has 1 amide bonds. The highest BCUT2D eigenvalue weighted by atomic mass is 19.3. The average Bonchev–Trinajstić information content (AvgIpc) is 2.50. The third-order valence-electron chi connectivity index (χ3n) is 3.49. The molecule has 1 aromatic rings. The Morgan fingerprint density at radius 3 is 2.65 bits per heavy atom. The number of hydrogen-bond acceptors (Lipinski definition) is 4. The number of alkyl halides is 2. The van der Waals surface area contributed by atoms with Crippen LogP contribution >= 0.6 is 0 Å². The molecule has 0 aromatic carbocycles. The molecule has 0 saturated carbocycles. The Labute approximate surface area is 135 Å². The molecular weight excluding hydrogens is 306 g/mol. The van der Waals surface area contributed by atoms with Crippen LogP contribution in [0.5, 0.6) is 5.88 Å². The van der Waals surface area contributed by atoms with Crippen LogP contribution in [0, 0.1) is 11.3 Å². The first-order valence-corrected chi connectivity index (χ1v) is 7.46. The van der Waals surface area contributed by atoms with Crippen molar-refractivity contribution in [3.63, 3.8) is 0 Å². The van der Waals surface area contributed by atoms with Crippen LogP contribution < -0.4 is 10.1 Å². The maximum Gasteiger partial charge on any atom is 0.272 e. The van der Waals surface area contributed by atoms with E-state index in [1.807, 2.05) is 27.7 Å². The smallest absolute Gasteiger partial charge is 0.272 e. The molecule has 2 N–H and O–H groups in total. The van der Waals surface area contributed by atoms with Gasteiger partial charge in [0.15, 0.2) is 6.61 Å². The zero-order valence-electron chi connectivity index (χ0n) is 13.8. The number of carbonyl (C=O) groups is 1. The molecule has 1 unspecified atom stereocenters. The van der Waals surface area contributed by atoms with Crippen molar-refractivity contribution in [3.8, 4) is 5.88 Å². The molecule has 0 aliphatic carbocycles. The minimum absolute atomic E-state index is 0.0283. The van der Waals surface area contributed by atoms with Gasteiger partial charge in [-0.15, -0.1) is 0 Å². The highest BCUT2D eigenvalue weighted by Gasteiger charge is 2.30. The molecule has 0 spiro atoms. The zero-order chi connectivity index (χ0) is 17.6. The number of nitrogens with zero attached hydrogens (tertiary/aromatic N) is 1. The van der Waals surface area contributed by atoms with Crippen LogP contribution in [-0.4, -0.2) is 41.7 Å². The number of aliphatic hydroxyl groups is 1. The molecule has 7 heteroatoms. The van der Waals surface area contributed by atoms with Gasteiger partial charge < -0.3 is 15.2 Å². The number of hydrogen-bond donors (Lipinski definition) is 2. The van der Waals surface area contributed by atoms with Gasteiger partial charge in [-0.05, 0) is 12.0 Å². The van der Waals surface area contributed by atoms with Crippen LogP contribution in [-0.2, 0) is 0 Å². The molecule has 5 nitrogen and oxygen atoms in total. The molecule has 1 aromatic heterocycles. The molecule has 0 saturated heterocycles. The van der Waals surface area contributed by atoms with Gasteiger partial charge in [0.05, 0.1) is 6.10 Å². The monoisotopic (exact) mass is 330 g/mol. The number of pyridine rings is 1. The molecule has 1 heterocycles. The lowest BCUT2D eigenvalue weighted by Gasteiger charge is -2.33. The predicted octanol–water partition coefficient (Wildman–Crippen LogP) is 2.50. The first-order valence-electron chi connectivity index (χ1n) is 7.46. The van der Waals surface area contributed by atoms with Crippen molar-refractivity contribution in [2.45, 2.75) is 40.2 Å². The van der Waals surface area contributed by atoms with Crippen molar-refractivity contribution >= 4 is 5.91 Å². The Balaban J connectivity index is 2.66. The molecule has 0 bridgehead atoms. The summed E-state index contributed by atoms with van der Waals surface area (Å²) in [5, 5.41) is 12.9. The van der Waals surface area contributed by atoms with Crippen molar-refractivity contribution in [2.75, 3.05) is 13.2 Å². The topological polar surface area (TPSA) is 71.5 Å². The number of aromatic nitrogens is 1. The quantitative estimate of drug-likeness (QED) is 0.768. The van der Waals surface area contributed by atoms with E-state index in [-0.39, 0.29) is 29.8 Å². The van der Waals surface area contributed by atoms with Gasteiger partial charge in [0.2, 0.25) is 5.88 Å². The SMILES string of the molecule is CC(C)C(O)C(C)(C)CNC(=O)c1ccnc(OCC(F)F)c1. The molecule has 0 fully saturated rings. The van der Waals surface area contributed by atoms with Crippen molar-refractivity contribution in [1.29, 1.82) is 0 Å². The molecule has 1 atom stereocenters. The van der Waals surface area contributed by atoms with Crippen molar-refractivity contribution in [2.24, 2.45) is 11.3 Å². The van der Waals surface area contributed by atoms with Gasteiger partial charge >= 0.3 is 0 Å². The van der Waals surface area contributed by atoms with E-state index in [0.717, 1.165) is 0 Å². The lowest BCUT2D eigenvalue weighted by molar-refractivity contribution is 0.0138. The second-order valence-electron chi connectivity index (χ2n) is 6.44.